The molecule has 0 bridgehead atoms. The van der Waals surface area contributed by atoms with Crippen molar-refractivity contribution in [3.8, 4) is 0 Å². The van der Waals surface area contributed by atoms with Gasteiger partial charge in [0, 0.05) is 36.5 Å². The highest BCUT2D eigenvalue weighted by Gasteiger charge is 2.30. The molecule has 3 atom stereocenters. The molecule has 1 saturated heterocycles. The van der Waals surface area contributed by atoms with Gasteiger partial charge in [-0.1, -0.05) is 19.9 Å². The molecule has 0 saturated carbocycles. The maximum Gasteiger partial charge on any atom is 0.225 e. The van der Waals surface area contributed by atoms with Crippen molar-refractivity contribution >= 4 is 23.1 Å². The van der Waals surface area contributed by atoms with Crippen LogP contribution in [0.25, 0.3) is 0 Å². The Morgan fingerprint density at radius 1 is 1.21 bits per heavy atom. The second-order valence-electron chi connectivity index (χ2n) is 7.43. The van der Waals surface area contributed by atoms with Gasteiger partial charge >= 0.3 is 0 Å². The summed E-state index contributed by atoms with van der Waals surface area (Å²) in [5, 5.41) is 2.08. The molecule has 0 spiro atoms. The molecular formula is C19H23N3OS. The van der Waals surface area contributed by atoms with Gasteiger partial charge in [0.1, 0.15) is 0 Å². The number of hydrogen-bond donors (Lipinski definition) is 0. The molecule has 1 fully saturated rings. The van der Waals surface area contributed by atoms with Crippen molar-refractivity contribution in [3.63, 3.8) is 0 Å². The van der Waals surface area contributed by atoms with E-state index in [0.29, 0.717) is 18.3 Å². The lowest BCUT2D eigenvalue weighted by atomic mass is 9.85. The molecule has 4 nitrogen and oxygen atoms in total. The molecule has 2 aromatic heterocycles. The number of carbonyl (C=O) groups is 1. The number of nitrogens with zero attached hydrogens (tertiary/aromatic N) is 3. The molecule has 2 aliphatic rings. The third-order valence-corrected chi connectivity index (χ3v) is 6.16. The van der Waals surface area contributed by atoms with Crippen LogP contribution >= 0.6 is 11.3 Å². The fourth-order valence-corrected chi connectivity index (χ4v) is 4.97. The summed E-state index contributed by atoms with van der Waals surface area (Å²) >= 11 is 1.73. The molecule has 1 aliphatic heterocycles. The van der Waals surface area contributed by atoms with Crippen LogP contribution in [0.3, 0.4) is 0 Å². The highest BCUT2D eigenvalue weighted by Crippen LogP contribution is 2.34. The van der Waals surface area contributed by atoms with Gasteiger partial charge in [-0.05, 0) is 36.1 Å². The molecule has 2 aromatic rings. The predicted molar refractivity (Wildman–Crippen MR) is 96.9 cm³/mol. The fourth-order valence-electron chi connectivity index (χ4n) is 4.14. The second-order valence-corrected chi connectivity index (χ2v) is 8.40. The molecule has 1 aliphatic carbocycles. The van der Waals surface area contributed by atoms with E-state index in [-0.39, 0.29) is 11.7 Å². The van der Waals surface area contributed by atoms with Crippen LogP contribution in [-0.4, -0.2) is 28.8 Å². The van der Waals surface area contributed by atoms with Crippen molar-refractivity contribution in [3.05, 3.63) is 39.8 Å². The highest BCUT2D eigenvalue weighted by atomic mass is 32.1. The maximum atomic E-state index is 12.5. The smallest absolute Gasteiger partial charge is 0.225 e. The summed E-state index contributed by atoms with van der Waals surface area (Å²) in [4.78, 5) is 25.4. The first-order chi connectivity index (χ1) is 11.6. The number of ketones is 1. The summed E-state index contributed by atoms with van der Waals surface area (Å²) in [6.07, 6.45) is 4.44. The van der Waals surface area contributed by atoms with Gasteiger partial charge in [-0.2, -0.15) is 0 Å². The number of thiophene rings is 1. The molecule has 5 heteroatoms. The number of fused-ring (bicyclic) bond motifs is 1. The van der Waals surface area contributed by atoms with Crippen LogP contribution in [-0.2, 0) is 6.42 Å². The number of aromatic nitrogens is 2. The van der Waals surface area contributed by atoms with Crippen LogP contribution in [0.2, 0.25) is 0 Å². The van der Waals surface area contributed by atoms with Crippen molar-refractivity contribution in [1.82, 2.24) is 9.97 Å². The molecule has 126 valence electrons. The van der Waals surface area contributed by atoms with Crippen molar-refractivity contribution in [2.24, 2.45) is 11.8 Å². The molecule has 0 radical (unpaired) electrons. The van der Waals surface area contributed by atoms with Gasteiger partial charge in [-0.25, -0.2) is 9.97 Å². The van der Waals surface area contributed by atoms with E-state index in [1.165, 1.54) is 11.3 Å². The van der Waals surface area contributed by atoms with Gasteiger partial charge in [0.05, 0.1) is 11.3 Å². The molecular weight excluding hydrogens is 318 g/mol. The van der Waals surface area contributed by atoms with Crippen molar-refractivity contribution < 1.29 is 4.79 Å². The molecule has 0 aromatic carbocycles. The van der Waals surface area contributed by atoms with Crippen LogP contribution in [0, 0.1) is 11.8 Å². The zero-order chi connectivity index (χ0) is 16.7. The van der Waals surface area contributed by atoms with Crippen LogP contribution in [0.5, 0.6) is 0 Å². The Labute approximate surface area is 146 Å². The Hall–Kier alpha value is -1.75. The van der Waals surface area contributed by atoms with Gasteiger partial charge in [0.2, 0.25) is 5.95 Å². The standard InChI is InChI=1S/C19H23N3OS/c1-12-6-13(2)11-22(10-12)19-20-9-15-16(21-19)7-14(8-17(15)23)18-4-3-5-24-18/h3-5,9,12-14H,6-8,10-11H2,1-2H3/t12-,13-,14+/m0/s1. The number of hydrogen-bond acceptors (Lipinski definition) is 5. The predicted octanol–water partition coefficient (Wildman–Crippen LogP) is 3.93. The van der Waals surface area contributed by atoms with E-state index in [9.17, 15) is 4.79 Å². The molecule has 0 unspecified atom stereocenters. The monoisotopic (exact) mass is 341 g/mol. The van der Waals surface area contributed by atoms with Crippen LogP contribution in [0.4, 0.5) is 5.95 Å². The minimum Gasteiger partial charge on any atom is -0.340 e. The zero-order valence-electron chi connectivity index (χ0n) is 14.2. The summed E-state index contributed by atoms with van der Waals surface area (Å²) in [5.74, 6) is 2.57. The van der Waals surface area contributed by atoms with E-state index in [2.05, 4.69) is 41.2 Å². The Bertz CT molecular complexity index is 733. The minimum atomic E-state index is 0.182. The normalized spacial score (nSPS) is 27.2. The second kappa shape index (κ2) is 6.28. The summed E-state index contributed by atoms with van der Waals surface area (Å²) in [6.45, 7) is 6.59. The minimum absolute atomic E-state index is 0.182. The van der Waals surface area contributed by atoms with Gasteiger partial charge in [0.15, 0.2) is 5.78 Å². The van der Waals surface area contributed by atoms with E-state index in [4.69, 9.17) is 4.98 Å². The first-order valence-corrected chi connectivity index (χ1v) is 9.65. The third-order valence-electron chi connectivity index (χ3n) is 5.12. The molecule has 3 heterocycles. The van der Waals surface area contributed by atoms with Crippen molar-refractivity contribution in [2.45, 2.75) is 39.0 Å². The molecule has 0 N–H and O–H groups in total. The van der Waals surface area contributed by atoms with Gasteiger partial charge in [-0.3, -0.25) is 4.79 Å². The van der Waals surface area contributed by atoms with E-state index < -0.39 is 0 Å². The van der Waals surface area contributed by atoms with E-state index in [1.807, 2.05) is 0 Å². The van der Waals surface area contributed by atoms with Crippen LogP contribution < -0.4 is 4.90 Å². The van der Waals surface area contributed by atoms with Crippen molar-refractivity contribution in [2.75, 3.05) is 18.0 Å². The average Bonchev–Trinajstić information content (AvgIpc) is 3.08. The van der Waals surface area contributed by atoms with Crippen LogP contribution in [0.15, 0.2) is 23.7 Å². The number of Topliss-reactive ketones (excluding diaryl/α,β-unsaturated/α-hetero) is 1. The van der Waals surface area contributed by atoms with E-state index in [0.717, 1.165) is 36.7 Å². The molecule has 4 rings (SSSR count). The lowest BCUT2D eigenvalue weighted by molar-refractivity contribution is 0.0963. The van der Waals surface area contributed by atoms with Crippen molar-refractivity contribution in [1.29, 1.82) is 0 Å². The summed E-state index contributed by atoms with van der Waals surface area (Å²) in [5.41, 5.74) is 1.66. The summed E-state index contributed by atoms with van der Waals surface area (Å²) < 4.78 is 0. The Morgan fingerprint density at radius 2 is 2.00 bits per heavy atom. The molecule has 0 amide bonds. The average molecular weight is 341 g/mol. The highest BCUT2D eigenvalue weighted by molar-refractivity contribution is 7.10. The Balaban J connectivity index is 1.62. The summed E-state index contributed by atoms with van der Waals surface area (Å²) in [7, 11) is 0. The SMILES string of the molecule is C[C@H]1C[C@H](C)CN(c2ncc3c(n2)C[C@@H](c2cccs2)CC3=O)C1. The number of anilines is 1. The first-order valence-electron chi connectivity index (χ1n) is 8.77. The lowest BCUT2D eigenvalue weighted by Crippen LogP contribution is -2.40. The lowest BCUT2D eigenvalue weighted by Gasteiger charge is -2.35. The van der Waals surface area contributed by atoms with Crippen LogP contribution in [0.1, 0.15) is 53.5 Å². The topological polar surface area (TPSA) is 46.1 Å². The number of carbonyl (C=O) groups excluding carboxylic acids is 1. The molecule has 24 heavy (non-hydrogen) atoms. The Morgan fingerprint density at radius 3 is 2.71 bits per heavy atom. The Kier molecular flexibility index (Phi) is 4.12. The number of piperidine rings is 1. The largest absolute Gasteiger partial charge is 0.340 e. The van der Waals surface area contributed by atoms with Gasteiger partial charge in [-0.15, -0.1) is 11.3 Å². The quantitative estimate of drug-likeness (QED) is 0.830. The number of rotatable bonds is 2. The van der Waals surface area contributed by atoms with Gasteiger partial charge < -0.3 is 4.90 Å². The van der Waals surface area contributed by atoms with Gasteiger partial charge in [0.25, 0.3) is 0 Å². The third kappa shape index (κ3) is 2.97. The maximum absolute atomic E-state index is 12.5. The van der Waals surface area contributed by atoms with E-state index in [1.54, 1.807) is 17.5 Å². The van der Waals surface area contributed by atoms with E-state index >= 15 is 0 Å². The fraction of sp³-hybridized carbons (Fsp3) is 0.526. The summed E-state index contributed by atoms with van der Waals surface area (Å²) in [6, 6.07) is 4.19. The zero-order valence-corrected chi connectivity index (χ0v) is 15.1. The first kappa shape index (κ1) is 15.8.